The molecule has 0 saturated carbocycles. The molecule has 2 rings (SSSR count). The summed E-state index contributed by atoms with van der Waals surface area (Å²) < 4.78 is 0. The molecule has 112 valence electrons. The van der Waals surface area contributed by atoms with Crippen LogP contribution in [-0.2, 0) is 0 Å². The van der Waals surface area contributed by atoms with Crippen molar-refractivity contribution in [3.8, 4) is 0 Å². The molecule has 3 nitrogen and oxygen atoms in total. The Morgan fingerprint density at radius 1 is 1.29 bits per heavy atom. The van der Waals surface area contributed by atoms with Gasteiger partial charge in [0.2, 0.25) is 0 Å². The van der Waals surface area contributed by atoms with Gasteiger partial charge in [-0.2, -0.15) is 0 Å². The van der Waals surface area contributed by atoms with E-state index in [1.165, 1.54) is 0 Å². The normalized spacial score (nSPS) is 12.6. The molecule has 1 aromatic carbocycles. The molecule has 0 radical (unpaired) electrons. The Labute approximate surface area is 132 Å². The highest BCUT2D eigenvalue weighted by Crippen LogP contribution is 2.25. The summed E-state index contributed by atoms with van der Waals surface area (Å²) in [6.45, 7) is 6.67. The zero-order chi connectivity index (χ0) is 15.6. The van der Waals surface area contributed by atoms with Gasteiger partial charge in [-0.15, -0.1) is 0 Å². The van der Waals surface area contributed by atoms with E-state index in [4.69, 9.17) is 22.9 Å². The van der Waals surface area contributed by atoms with E-state index >= 15 is 0 Å². The summed E-state index contributed by atoms with van der Waals surface area (Å²) >= 11 is 5.22. The summed E-state index contributed by atoms with van der Waals surface area (Å²) in [4.78, 5) is 7.36. The van der Waals surface area contributed by atoms with Gasteiger partial charge in [0.1, 0.15) is 10.8 Å². The first-order valence-corrected chi connectivity index (χ1v) is 7.73. The van der Waals surface area contributed by atoms with Crippen LogP contribution in [0.3, 0.4) is 0 Å². The van der Waals surface area contributed by atoms with E-state index in [1.807, 2.05) is 30.3 Å². The molecule has 4 heteroatoms. The molecule has 0 spiro atoms. The molecule has 2 aromatic rings. The number of hydrogen-bond acceptors (Lipinski definition) is 3. The monoisotopic (exact) mass is 301 g/mol. The Morgan fingerprint density at radius 3 is 2.57 bits per heavy atom. The summed E-state index contributed by atoms with van der Waals surface area (Å²) in [5, 5.41) is 1.06. The molecule has 0 bridgehead atoms. The van der Waals surface area contributed by atoms with Crippen molar-refractivity contribution in [1.82, 2.24) is 4.98 Å². The van der Waals surface area contributed by atoms with Crippen LogP contribution in [0.1, 0.15) is 32.8 Å². The molecule has 0 aliphatic carbocycles. The van der Waals surface area contributed by atoms with Crippen molar-refractivity contribution in [1.29, 1.82) is 0 Å². The molecule has 21 heavy (non-hydrogen) atoms. The van der Waals surface area contributed by atoms with Crippen LogP contribution >= 0.6 is 12.2 Å². The number of anilines is 1. The molecule has 1 aromatic heterocycles. The quantitative estimate of drug-likeness (QED) is 0.854. The third-order valence-electron chi connectivity index (χ3n) is 3.78. The van der Waals surface area contributed by atoms with Crippen LogP contribution in [0.25, 0.3) is 10.9 Å². The number of aromatic nitrogens is 1. The van der Waals surface area contributed by atoms with Crippen LogP contribution in [0.5, 0.6) is 0 Å². The summed E-state index contributed by atoms with van der Waals surface area (Å²) in [7, 11) is 2.06. The molecule has 0 fully saturated rings. The second kappa shape index (κ2) is 6.39. The van der Waals surface area contributed by atoms with E-state index in [-0.39, 0.29) is 0 Å². The first-order chi connectivity index (χ1) is 9.90. The number of para-hydroxylation sites is 1. The summed E-state index contributed by atoms with van der Waals surface area (Å²) in [6.07, 6.45) is 1.10. The highest BCUT2D eigenvalue weighted by atomic mass is 32.1. The van der Waals surface area contributed by atoms with E-state index in [0.717, 1.165) is 28.7 Å². The third kappa shape index (κ3) is 3.50. The van der Waals surface area contributed by atoms with E-state index < -0.39 is 0 Å². The fourth-order valence-corrected chi connectivity index (χ4v) is 2.76. The largest absolute Gasteiger partial charge is 0.389 e. The first-order valence-electron chi connectivity index (χ1n) is 7.32. The molecule has 1 heterocycles. The van der Waals surface area contributed by atoms with Gasteiger partial charge >= 0.3 is 0 Å². The SMILES string of the molecule is CC(C)CC(C)N(C)c1nc2ccccc2cc1C(N)=S. The van der Waals surface area contributed by atoms with Crippen molar-refractivity contribution in [2.24, 2.45) is 11.7 Å². The van der Waals surface area contributed by atoms with Gasteiger partial charge in [0.25, 0.3) is 0 Å². The smallest absolute Gasteiger partial charge is 0.139 e. The summed E-state index contributed by atoms with van der Waals surface area (Å²) in [5.74, 6) is 1.51. The minimum atomic E-state index is 0.381. The molecule has 0 aliphatic rings. The number of hydrogen-bond donors (Lipinski definition) is 1. The zero-order valence-electron chi connectivity index (χ0n) is 13.1. The number of rotatable bonds is 5. The van der Waals surface area contributed by atoms with E-state index in [2.05, 4.69) is 32.7 Å². The number of nitrogens with zero attached hydrogens (tertiary/aromatic N) is 2. The highest BCUT2D eigenvalue weighted by molar-refractivity contribution is 7.80. The Balaban J connectivity index is 2.50. The Hall–Kier alpha value is -1.68. The minimum Gasteiger partial charge on any atom is -0.389 e. The fourth-order valence-electron chi connectivity index (χ4n) is 2.61. The van der Waals surface area contributed by atoms with Crippen LogP contribution in [0.15, 0.2) is 30.3 Å². The number of pyridine rings is 1. The summed E-state index contributed by atoms with van der Waals surface area (Å²) in [5.41, 5.74) is 7.73. The van der Waals surface area contributed by atoms with Gasteiger partial charge in [-0.3, -0.25) is 0 Å². The first kappa shape index (κ1) is 15.7. The van der Waals surface area contributed by atoms with Crippen LogP contribution < -0.4 is 10.6 Å². The van der Waals surface area contributed by atoms with Crippen LogP contribution in [0, 0.1) is 5.92 Å². The fraction of sp³-hybridized carbons (Fsp3) is 0.412. The van der Waals surface area contributed by atoms with E-state index in [1.54, 1.807) is 0 Å². The molecule has 2 N–H and O–H groups in total. The number of fused-ring (bicyclic) bond motifs is 1. The van der Waals surface area contributed by atoms with Gasteiger partial charge in [0.05, 0.1) is 11.1 Å². The van der Waals surface area contributed by atoms with Crippen molar-refractivity contribution in [3.05, 3.63) is 35.9 Å². The molecule has 0 aliphatic heterocycles. The number of benzene rings is 1. The molecule has 1 unspecified atom stereocenters. The zero-order valence-corrected chi connectivity index (χ0v) is 13.9. The van der Waals surface area contributed by atoms with Crippen molar-refractivity contribution in [2.75, 3.05) is 11.9 Å². The lowest BCUT2D eigenvalue weighted by atomic mass is 10.0. The average Bonchev–Trinajstić information content (AvgIpc) is 2.44. The van der Waals surface area contributed by atoms with E-state index in [9.17, 15) is 0 Å². The lowest BCUT2D eigenvalue weighted by Gasteiger charge is -2.29. The van der Waals surface area contributed by atoms with Crippen molar-refractivity contribution in [3.63, 3.8) is 0 Å². The molecule has 0 amide bonds. The predicted octanol–water partition coefficient (Wildman–Crippen LogP) is 3.74. The average molecular weight is 301 g/mol. The van der Waals surface area contributed by atoms with Crippen LogP contribution in [-0.4, -0.2) is 23.1 Å². The maximum Gasteiger partial charge on any atom is 0.139 e. The molecule has 0 saturated heterocycles. The van der Waals surface area contributed by atoms with Gasteiger partial charge in [-0.1, -0.05) is 44.3 Å². The maximum absolute atomic E-state index is 5.91. The van der Waals surface area contributed by atoms with Gasteiger partial charge in [0.15, 0.2) is 0 Å². The van der Waals surface area contributed by atoms with Crippen molar-refractivity contribution in [2.45, 2.75) is 33.2 Å². The lowest BCUT2D eigenvalue weighted by Crippen LogP contribution is -2.32. The molecular formula is C17H23N3S. The molecule has 1 atom stereocenters. The Morgan fingerprint density at radius 2 is 1.95 bits per heavy atom. The predicted molar refractivity (Wildman–Crippen MR) is 95.0 cm³/mol. The summed E-state index contributed by atoms with van der Waals surface area (Å²) in [6, 6.07) is 10.5. The van der Waals surface area contributed by atoms with E-state index in [0.29, 0.717) is 16.9 Å². The van der Waals surface area contributed by atoms with Crippen LogP contribution in [0.4, 0.5) is 5.82 Å². The van der Waals surface area contributed by atoms with Gasteiger partial charge < -0.3 is 10.6 Å². The Kier molecular flexibility index (Phi) is 4.78. The Bertz CT molecular complexity index is 652. The van der Waals surface area contributed by atoms with Gasteiger partial charge in [-0.05, 0) is 31.4 Å². The van der Waals surface area contributed by atoms with Gasteiger partial charge in [-0.25, -0.2) is 4.98 Å². The van der Waals surface area contributed by atoms with Gasteiger partial charge in [0, 0.05) is 18.5 Å². The van der Waals surface area contributed by atoms with Crippen molar-refractivity contribution >= 4 is 33.9 Å². The van der Waals surface area contributed by atoms with Crippen LogP contribution in [0.2, 0.25) is 0 Å². The standard InChI is InChI=1S/C17H23N3S/c1-11(2)9-12(3)20(4)17-14(16(18)21)10-13-7-5-6-8-15(13)19-17/h5-8,10-12H,9H2,1-4H3,(H2,18,21). The second-order valence-electron chi connectivity index (χ2n) is 6.01. The molecular weight excluding hydrogens is 278 g/mol. The number of thiocarbonyl (C=S) groups is 1. The second-order valence-corrected chi connectivity index (χ2v) is 6.45. The minimum absolute atomic E-state index is 0.381. The lowest BCUT2D eigenvalue weighted by molar-refractivity contribution is 0.502. The maximum atomic E-state index is 5.91. The topological polar surface area (TPSA) is 42.2 Å². The highest BCUT2D eigenvalue weighted by Gasteiger charge is 2.18. The third-order valence-corrected chi connectivity index (χ3v) is 4.00. The number of nitrogens with two attached hydrogens (primary N) is 1. The van der Waals surface area contributed by atoms with Crippen molar-refractivity contribution < 1.29 is 0 Å².